The summed E-state index contributed by atoms with van der Waals surface area (Å²) >= 11 is 0. The van der Waals surface area contributed by atoms with Gasteiger partial charge in [0.2, 0.25) is 5.91 Å². The molecule has 1 heterocycles. The Labute approximate surface area is 123 Å². The molecule has 0 fully saturated rings. The lowest BCUT2D eigenvalue weighted by Crippen LogP contribution is -2.31. The maximum Gasteiger partial charge on any atom is 0.242 e. The highest BCUT2D eigenvalue weighted by Gasteiger charge is 2.10. The van der Waals surface area contributed by atoms with E-state index in [1.807, 2.05) is 19.1 Å². The van der Waals surface area contributed by atoms with Crippen molar-refractivity contribution in [2.45, 2.75) is 13.5 Å². The number of nitrogens with one attached hydrogen (secondary N) is 1. The molecule has 5 nitrogen and oxygen atoms in total. The second-order valence-corrected chi connectivity index (χ2v) is 4.80. The van der Waals surface area contributed by atoms with E-state index >= 15 is 0 Å². The standard InChI is InChI=1S/C16H17N3O2/c1-12-3-8-15(21-12)11-19(2)16(20)10-18-14-6-4-13(9-17)5-7-14/h3-8,18H,10-11H2,1-2H3. The minimum Gasteiger partial charge on any atom is -0.464 e. The summed E-state index contributed by atoms with van der Waals surface area (Å²) in [4.78, 5) is 13.6. The van der Waals surface area contributed by atoms with E-state index in [4.69, 9.17) is 9.68 Å². The zero-order chi connectivity index (χ0) is 15.2. The van der Waals surface area contributed by atoms with Gasteiger partial charge in [0.15, 0.2) is 0 Å². The molecule has 0 bridgehead atoms. The zero-order valence-corrected chi connectivity index (χ0v) is 12.1. The van der Waals surface area contributed by atoms with Crippen molar-refractivity contribution < 1.29 is 9.21 Å². The van der Waals surface area contributed by atoms with Gasteiger partial charge in [-0.05, 0) is 43.3 Å². The maximum atomic E-state index is 12.0. The molecule has 0 aliphatic carbocycles. The fourth-order valence-corrected chi connectivity index (χ4v) is 1.87. The van der Waals surface area contributed by atoms with Gasteiger partial charge in [-0.1, -0.05) is 0 Å². The number of hydrogen-bond acceptors (Lipinski definition) is 4. The van der Waals surface area contributed by atoms with Gasteiger partial charge in [-0.2, -0.15) is 5.26 Å². The second kappa shape index (κ2) is 6.62. The van der Waals surface area contributed by atoms with Gasteiger partial charge in [0, 0.05) is 12.7 Å². The fraction of sp³-hybridized carbons (Fsp3) is 0.250. The molecule has 1 N–H and O–H groups in total. The summed E-state index contributed by atoms with van der Waals surface area (Å²) in [6.45, 7) is 2.52. The summed E-state index contributed by atoms with van der Waals surface area (Å²) in [6, 6.07) is 12.8. The molecule has 1 amide bonds. The first-order valence-corrected chi connectivity index (χ1v) is 6.62. The van der Waals surface area contributed by atoms with Crippen LogP contribution in [0, 0.1) is 18.3 Å². The number of carbonyl (C=O) groups is 1. The first kappa shape index (κ1) is 14.7. The highest BCUT2D eigenvalue weighted by Crippen LogP contribution is 2.10. The van der Waals surface area contributed by atoms with Crippen LogP contribution in [0.3, 0.4) is 0 Å². The van der Waals surface area contributed by atoms with E-state index in [-0.39, 0.29) is 12.5 Å². The Morgan fingerprint density at radius 3 is 2.57 bits per heavy atom. The molecule has 2 rings (SSSR count). The molecule has 1 aromatic carbocycles. The van der Waals surface area contributed by atoms with Crippen LogP contribution < -0.4 is 5.32 Å². The van der Waals surface area contributed by atoms with Gasteiger partial charge >= 0.3 is 0 Å². The Balaban J connectivity index is 1.84. The molecule has 0 radical (unpaired) electrons. The van der Waals surface area contributed by atoms with Crippen molar-refractivity contribution in [3.05, 3.63) is 53.5 Å². The molecule has 108 valence electrons. The highest BCUT2D eigenvalue weighted by atomic mass is 16.3. The van der Waals surface area contributed by atoms with Crippen molar-refractivity contribution >= 4 is 11.6 Å². The third-order valence-corrected chi connectivity index (χ3v) is 3.07. The van der Waals surface area contributed by atoms with Crippen LogP contribution in [-0.4, -0.2) is 24.4 Å². The van der Waals surface area contributed by atoms with E-state index < -0.39 is 0 Å². The lowest BCUT2D eigenvalue weighted by Gasteiger charge is -2.16. The van der Waals surface area contributed by atoms with Gasteiger partial charge < -0.3 is 14.6 Å². The summed E-state index contributed by atoms with van der Waals surface area (Å²) < 4.78 is 5.45. The fourth-order valence-electron chi connectivity index (χ4n) is 1.87. The number of likely N-dealkylation sites (N-methyl/N-ethyl adjacent to an activating group) is 1. The van der Waals surface area contributed by atoms with Gasteiger partial charge in [-0.25, -0.2) is 0 Å². The predicted octanol–water partition coefficient (Wildman–Crippen LogP) is 2.53. The van der Waals surface area contributed by atoms with Crippen molar-refractivity contribution in [1.29, 1.82) is 5.26 Å². The van der Waals surface area contributed by atoms with Gasteiger partial charge in [-0.3, -0.25) is 4.79 Å². The third kappa shape index (κ3) is 4.11. The van der Waals surface area contributed by atoms with Gasteiger partial charge in [0.1, 0.15) is 11.5 Å². The molecule has 0 atom stereocenters. The lowest BCUT2D eigenvalue weighted by molar-refractivity contribution is -0.128. The Bertz CT molecular complexity index is 653. The van der Waals surface area contributed by atoms with Crippen LogP contribution in [0.2, 0.25) is 0 Å². The molecule has 0 aliphatic rings. The van der Waals surface area contributed by atoms with E-state index in [0.29, 0.717) is 12.1 Å². The molecule has 0 unspecified atom stereocenters. The van der Waals surface area contributed by atoms with E-state index in [1.165, 1.54) is 0 Å². The van der Waals surface area contributed by atoms with Crippen LogP contribution in [0.25, 0.3) is 0 Å². The molecule has 2 aromatic rings. The molecular weight excluding hydrogens is 266 g/mol. The number of aryl methyl sites for hydroxylation is 1. The van der Waals surface area contributed by atoms with E-state index in [2.05, 4.69) is 11.4 Å². The summed E-state index contributed by atoms with van der Waals surface area (Å²) in [5.74, 6) is 1.57. The Kier molecular flexibility index (Phi) is 4.62. The summed E-state index contributed by atoms with van der Waals surface area (Å²) in [6.07, 6.45) is 0. The first-order valence-electron chi connectivity index (χ1n) is 6.62. The smallest absolute Gasteiger partial charge is 0.242 e. The molecule has 0 spiro atoms. The van der Waals surface area contributed by atoms with Crippen LogP contribution in [-0.2, 0) is 11.3 Å². The van der Waals surface area contributed by atoms with Crippen LogP contribution in [0.1, 0.15) is 17.1 Å². The van der Waals surface area contributed by atoms with Crippen molar-refractivity contribution in [3.8, 4) is 6.07 Å². The van der Waals surface area contributed by atoms with E-state index in [1.54, 1.807) is 36.2 Å². The van der Waals surface area contributed by atoms with E-state index in [0.717, 1.165) is 17.2 Å². The minimum atomic E-state index is -0.0339. The monoisotopic (exact) mass is 283 g/mol. The zero-order valence-electron chi connectivity index (χ0n) is 12.1. The molecule has 0 aliphatic heterocycles. The van der Waals surface area contributed by atoms with Gasteiger partial charge in [0.25, 0.3) is 0 Å². The summed E-state index contributed by atoms with van der Waals surface area (Å²) in [5.41, 5.74) is 1.40. The summed E-state index contributed by atoms with van der Waals surface area (Å²) in [7, 11) is 1.74. The van der Waals surface area contributed by atoms with Crippen LogP contribution in [0.5, 0.6) is 0 Å². The molecule has 5 heteroatoms. The van der Waals surface area contributed by atoms with Crippen LogP contribution in [0.4, 0.5) is 5.69 Å². The largest absolute Gasteiger partial charge is 0.464 e. The number of anilines is 1. The van der Waals surface area contributed by atoms with Crippen molar-refractivity contribution in [2.24, 2.45) is 0 Å². The van der Waals surface area contributed by atoms with Crippen molar-refractivity contribution in [1.82, 2.24) is 4.90 Å². The Morgan fingerprint density at radius 2 is 2.00 bits per heavy atom. The number of nitriles is 1. The minimum absolute atomic E-state index is 0.0339. The number of carbonyl (C=O) groups excluding carboxylic acids is 1. The predicted molar refractivity (Wildman–Crippen MR) is 79.6 cm³/mol. The molecular formula is C16H17N3O2. The number of amides is 1. The van der Waals surface area contributed by atoms with E-state index in [9.17, 15) is 4.79 Å². The van der Waals surface area contributed by atoms with Crippen molar-refractivity contribution in [3.63, 3.8) is 0 Å². The maximum absolute atomic E-state index is 12.0. The Morgan fingerprint density at radius 1 is 1.29 bits per heavy atom. The SMILES string of the molecule is Cc1ccc(CN(C)C(=O)CNc2ccc(C#N)cc2)o1. The normalized spacial score (nSPS) is 9.95. The molecule has 0 saturated heterocycles. The molecule has 1 aromatic heterocycles. The van der Waals surface area contributed by atoms with Crippen LogP contribution in [0.15, 0.2) is 40.8 Å². The number of hydrogen-bond donors (Lipinski definition) is 1. The van der Waals surface area contributed by atoms with Gasteiger partial charge in [-0.15, -0.1) is 0 Å². The average molecular weight is 283 g/mol. The quantitative estimate of drug-likeness (QED) is 0.915. The number of nitrogens with zero attached hydrogens (tertiary/aromatic N) is 2. The second-order valence-electron chi connectivity index (χ2n) is 4.80. The van der Waals surface area contributed by atoms with Gasteiger partial charge in [0.05, 0.1) is 24.7 Å². The highest BCUT2D eigenvalue weighted by molar-refractivity contribution is 5.80. The average Bonchev–Trinajstić information content (AvgIpc) is 2.90. The third-order valence-electron chi connectivity index (χ3n) is 3.07. The topological polar surface area (TPSA) is 69.3 Å². The van der Waals surface area contributed by atoms with Crippen LogP contribution >= 0.6 is 0 Å². The first-order chi connectivity index (χ1) is 10.1. The number of furan rings is 1. The lowest BCUT2D eigenvalue weighted by atomic mass is 10.2. The Hall–Kier alpha value is -2.74. The molecule has 0 saturated carbocycles. The van der Waals surface area contributed by atoms with Crippen molar-refractivity contribution in [2.75, 3.05) is 18.9 Å². The number of rotatable bonds is 5. The summed E-state index contributed by atoms with van der Waals surface area (Å²) in [5, 5.41) is 11.8. The number of benzene rings is 1. The molecule has 21 heavy (non-hydrogen) atoms.